The average Bonchev–Trinajstić information content (AvgIpc) is 2.91. The van der Waals surface area contributed by atoms with Gasteiger partial charge in [0.25, 0.3) is 5.91 Å². The van der Waals surface area contributed by atoms with E-state index in [1.807, 2.05) is 36.4 Å². The third-order valence-electron chi connectivity index (χ3n) is 7.96. The summed E-state index contributed by atoms with van der Waals surface area (Å²) in [6.45, 7) is 19.7. The first-order valence-corrected chi connectivity index (χ1v) is 15.2. The SMILES string of the molecule is CC(C)c1cccc(C(C)C)c1NC(=O)c1ccc(Oc2ccc(C(C)(C)CC(C)(C)C)cc2)c2cccc(C(N)=O)c12. The number of rotatable bonds is 9. The van der Waals surface area contributed by atoms with E-state index in [9.17, 15) is 9.59 Å². The molecule has 0 heterocycles. The second-order valence-corrected chi connectivity index (χ2v) is 14.0. The first-order valence-electron chi connectivity index (χ1n) is 15.2. The predicted molar refractivity (Wildman–Crippen MR) is 179 cm³/mol. The second-order valence-electron chi connectivity index (χ2n) is 14.0. The van der Waals surface area contributed by atoms with Crippen LogP contribution in [0.15, 0.2) is 72.8 Å². The summed E-state index contributed by atoms with van der Waals surface area (Å²) >= 11 is 0. The average molecular weight is 579 g/mol. The number of carbonyl (C=O) groups is 2. The van der Waals surface area contributed by atoms with Crippen LogP contribution in [0.5, 0.6) is 11.5 Å². The number of hydrogen-bond donors (Lipinski definition) is 2. The number of hydrogen-bond acceptors (Lipinski definition) is 3. The number of ether oxygens (including phenoxy) is 1. The van der Waals surface area contributed by atoms with Crippen LogP contribution in [0.1, 0.15) is 118 Å². The van der Waals surface area contributed by atoms with E-state index in [0.29, 0.717) is 27.8 Å². The maximum Gasteiger partial charge on any atom is 0.256 e. The summed E-state index contributed by atoms with van der Waals surface area (Å²) in [5.41, 5.74) is 10.9. The molecule has 0 aliphatic rings. The lowest BCUT2D eigenvalue weighted by atomic mass is 9.72. The zero-order valence-corrected chi connectivity index (χ0v) is 27.1. The molecule has 4 aromatic rings. The standard InChI is InChI=1S/C38H46N2O3/c1-23(2)27-12-10-13-28(24(3)4)34(27)40-36(42)31-20-21-32(29-14-11-15-30(33(29)31)35(39)41)43-26-18-16-25(17-19-26)38(8,9)22-37(5,6)7/h10-21,23-24H,22H2,1-9H3,(H2,39,41)(H,40,42). The van der Waals surface area contributed by atoms with Crippen molar-refractivity contribution >= 4 is 28.3 Å². The van der Waals surface area contributed by atoms with Gasteiger partial charge in [-0.15, -0.1) is 0 Å². The lowest BCUT2D eigenvalue weighted by molar-refractivity contribution is 0.100. The first-order chi connectivity index (χ1) is 20.1. The van der Waals surface area contributed by atoms with E-state index in [-0.39, 0.29) is 34.1 Å². The van der Waals surface area contributed by atoms with E-state index < -0.39 is 5.91 Å². The van der Waals surface area contributed by atoms with Crippen molar-refractivity contribution < 1.29 is 14.3 Å². The summed E-state index contributed by atoms with van der Waals surface area (Å²) in [6.07, 6.45) is 1.05. The van der Waals surface area contributed by atoms with Crippen molar-refractivity contribution in [3.63, 3.8) is 0 Å². The number of amides is 2. The molecule has 3 N–H and O–H groups in total. The zero-order valence-electron chi connectivity index (χ0n) is 27.1. The Kier molecular flexibility index (Phi) is 9.05. The van der Waals surface area contributed by atoms with Gasteiger partial charge in [-0.25, -0.2) is 0 Å². The van der Waals surface area contributed by atoms with Crippen molar-refractivity contribution in [3.8, 4) is 11.5 Å². The number of nitrogens with one attached hydrogen (secondary N) is 1. The van der Waals surface area contributed by atoms with Gasteiger partial charge in [0.05, 0.1) is 0 Å². The quantitative estimate of drug-likeness (QED) is 0.207. The van der Waals surface area contributed by atoms with Gasteiger partial charge in [0.15, 0.2) is 0 Å². The van der Waals surface area contributed by atoms with Crippen LogP contribution in [-0.2, 0) is 5.41 Å². The molecular formula is C38H46N2O3. The van der Waals surface area contributed by atoms with Crippen LogP contribution in [0.4, 0.5) is 5.69 Å². The van der Waals surface area contributed by atoms with Crippen molar-refractivity contribution in [2.24, 2.45) is 11.1 Å². The Morgan fingerprint density at radius 3 is 1.88 bits per heavy atom. The highest BCUT2D eigenvalue weighted by molar-refractivity contribution is 6.19. The van der Waals surface area contributed by atoms with E-state index in [0.717, 1.165) is 23.2 Å². The van der Waals surface area contributed by atoms with Gasteiger partial charge < -0.3 is 15.8 Å². The fourth-order valence-corrected chi connectivity index (χ4v) is 6.27. The molecule has 0 bridgehead atoms. The highest BCUT2D eigenvalue weighted by atomic mass is 16.5. The van der Waals surface area contributed by atoms with Gasteiger partial charge in [-0.1, -0.05) is 105 Å². The van der Waals surface area contributed by atoms with E-state index in [4.69, 9.17) is 10.5 Å². The van der Waals surface area contributed by atoms with Crippen LogP contribution < -0.4 is 15.8 Å². The molecule has 0 aliphatic carbocycles. The predicted octanol–water partition coefficient (Wildman–Crippen LogP) is 9.94. The Bertz CT molecular complexity index is 1610. The van der Waals surface area contributed by atoms with E-state index in [2.05, 4.69) is 79.8 Å². The summed E-state index contributed by atoms with van der Waals surface area (Å²) in [5, 5.41) is 4.30. The van der Waals surface area contributed by atoms with Gasteiger partial charge in [0, 0.05) is 27.6 Å². The van der Waals surface area contributed by atoms with Crippen LogP contribution in [0.2, 0.25) is 0 Å². The number of benzene rings is 4. The number of nitrogens with two attached hydrogens (primary N) is 1. The Balaban J connectivity index is 1.75. The van der Waals surface area contributed by atoms with E-state index in [1.54, 1.807) is 24.3 Å². The van der Waals surface area contributed by atoms with Gasteiger partial charge in [-0.3, -0.25) is 9.59 Å². The van der Waals surface area contributed by atoms with Gasteiger partial charge in [0.1, 0.15) is 11.5 Å². The zero-order chi connectivity index (χ0) is 31.7. The maximum absolute atomic E-state index is 13.9. The van der Waals surface area contributed by atoms with Crippen molar-refractivity contribution in [1.29, 1.82) is 0 Å². The third kappa shape index (κ3) is 7.10. The molecule has 0 saturated carbocycles. The Morgan fingerprint density at radius 2 is 1.35 bits per heavy atom. The fraction of sp³-hybridized carbons (Fsp3) is 0.368. The number of primary amides is 1. The third-order valence-corrected chi connectivity index (χ3v) is 7.96. The summed E-state index contributed by atoms with van der Waals surface area (Å²) in [4.78, 5) is 26.5. The molecular weight excluding hydrogens is 532 g/mol. The van der Waals surface area contributed by atoms with Crippen LogP contribution in [0, 0.1) is 5.41 Å². The Morgan fingerprint density at radius 1 is 0.767 bits per heavy atom. The Hall–Kier alpha value is -4.12. The lowest BCUT2D eigenvalue weighted by Crippen LogP contribution is -2.24. The van der Waals surface area contributed by atoms with E-state index in [1.165, 1.54) is 5.56 Å². The minimum absolute atomic E-state index is 0.0124. The summed E-state index contributed by atoms with van der Waals surface area (Å²) < 4.78 is 6.37. The first kappa shape index (κ1) is 31.8. The second kappa shape index (κ2) is 12.2. The largest absolute Gasteiger partial charge is 0.457 e. The Labute approximate surface area is 256 Å². The molecule has 226 valence electrons. The molecule has 5 nitrogen and oxygen atoms in total. The van der Waals surface area contributed by atoms with Gasteiger partial charge in [0.2, 0.25) is 5.91 Å². The van der Waals surface area contributed by atoms with Crippen LogP contribution in [0.25, 0.3) is 10.8 Å². The number of anilines is 1. The molecule has 0 radical (unpaired) electrons. The molecule has 0 saturated heterocycles. The molecule has 43 heavy (non-hydrogen) atoms. The minimum Gasteiger partial charge on any atom is -0.457 e. The van der Waals surface area contributed by atoms with Crippen molar-refractivity contribution in [2.75, 3.05) is 5.32 Å². The van der Waals surface area contributed by atoms with Gasteiger partial charge in [-0.05, 0) is 76.1 Å². The van der Waals surface area contributed by atoms with Gasteiger partial charge in [-0.2, -0.15) is 0 Å². The monoisotopic (exact) mass is 578 g/mol. The number of carbonyl (C=O) groups excluding carboxylic acids is 2. The molecule has 0 aromatic heterocycles. The molecule has 0 fully saturated rings. The highest BCUT2D eigenvalue weighted by Gasteiger charge is 2.27. The van der Waals surface area contributed by atoms with E-state index >= 15 is 0 Å². The number of para-hydroxylation sites is 1. The van der Waals surface area contributed by atoms with Crippen molar-refractivity contribution in [2.45, 2.75) is 86.0 Å². The summed E-state index contributed by atoms with van der Waals surface area (Å²) in [6, 6.07) is 23.1. The molecule has 5 heteroatoms. The molecule has 4 rings (SSSR count). The molecule has 2 amide bonds. The van der Waals surface area contributed by atoms with Crippen molar-refractivity contribution in [3.05, 3.63) is 101 Å². The number of fused-ring (bicyclic) bond motifs is 1. The lowest BCUT2D eigenvalue weighted by Gasteiger charge is -2.33. The topological polar surface area (TPSA) is 81.4 Å². The van der Waals surface area contributed by atoms with Crippen molar-refractivity contribution in [1.82, 2.24) is 0 Å². The maximum atomic E-state index is 13.9. The smallest absolute Gasteiger partial charge is 0.256 e. The normalized spacial score (nSPS) is 12.2. The molecule has 0 atom stereocenters. The fourth-order valence-electron chi connectivity index (χ4n) is 6.27. The minimum atomic E-state index is -0.604. The molecule has 0 unspecified atom stereocenters. The summed E-state index contributed by atoms with van der Waals surface area (Å²) in [7, 11) is 0. The van der Waals surface area contributed by atoms with Gasteiger partial charge >= 0.3 is 0 Å². The van der Waals surface area contributed by atoms with Crippen LogP contribution in [-0.4, -0.2) is 11.8 Å². The highest BCUT2D eigenvalue weighted by Crippen LogP contribution is 2.39. The molecule has 0 spiro atoms. The molecule has 0 aliphatic heterocycles. The van der Waals surface area contributed by atoms with Crippen LogP contribution in [0.3, 0.4) is 0 Å². The summed E-state index contributed by atoms with van der Waals surface area (Å²) in [5.74, 6) is 0.743. The molecule has 4 aromatic carbocycles. The van der Waals surface area contributed by atoms with Crippen LogP contribution >= 0.6 is 0 Å².